The van der Waals surface area contributed by atoms with E-state index in [1.54, 1.807) is 43.3 Å². The van der Waals surface area contributed by atoms with Crippen LogP contribution in [0.5, 0.6) is 17.2 Å². The Labute approximate surface area is 243 Å². The molecule has 2 N–H and O–H groups in total. The van der Waals surface area contributed by atoms with Crippen LogP contribution in [0.2, 0.25) is 10.0 Å². The Morgan fingerprint density at radius 1 is 0.975 bits per heavy atom. The first-order chi connectivity index (χ1) is 19.3. The fourth-order valence-corrected chi connectivity index (χ4v) is 4.01. The lowest BCUT2D eigenvalue weighted by atomic mass is 10.1. The molecule has 0 aliphatic heterocycles. The molecule has 0 saturated carbocycles. The minimum atomic E-state index is -0.938. The van der Waals surface area contributed by atoms with Crippen LogP contribution in [0, 0.1) is 0 Å². The lowest BCUT2D eigenvalue weighted by molar-refractivity contribution is -0.132. The molecule has 0 unspecified atom stereocenters. The predicted molar refractivity (Wildman–Crippen MR) is 158 cm³/mol. The summed E-state index contributed by atoms with van der Waals surface area (Å²) >= 11 is 12.1. The van der Waals surface area contributed by atoms with E-state index in [2.05, 4.69) is 22.4 Å². The van der Waals surface area contributed by atoms with Crippen LogP contribution in [0.4, 0.5) is 0 Å². The summed E-state index contributed by atoms with van der Waals surface area (Å²) in [7, 11) is 0. The molecule has 0 saturated heterocycles. The van der Waals surface area contributed by atoms with Gasteiger partial charge in [-0.2, -0.15) is 5.10 Å². The zero-order chi connectivity index (χ0) is 28.9. The van der Waals surface area contributed by atoms with Gasteiger partial charge in [0.1, 0.15) is 18.4 Å². The monoisotopic (exact) mass is 583 g/mol. The van der Waals surface area contributed by atoms with Crippen molar-refractivity contribution in [2.24, 2.45) is 5.10 Å². The lowest BCUT2D eigenvalue weighted by Crippen LogP contribution is -2.50. The molecule has 3 aromatic carbocycles. The summed E-state index contributed by atoms with van der Waals surface area (Å²) in [5.74, 6) is 0.423. The third kappa shape index (κ3) is 9.32. The van der Waals surface area contributed by atoms with E-state index in [1.165, 1.54) is 12.3 Å². The molecule has 10 heteroatoms. The SMILES string of the molecule is C=CCOc1ccc(/C=N\NC(=O)[C@@H](Cc2ccccc2)NC(=O)[C@@H](C)Oc2ccc(Cl)cc2Cl)cc1OCC. The molecule has 40 heavy (non-hydrogen) atoms. The van der Waals surface area contributed by atoms with Crippen molar-refractivity contribution in [1.82, 2.24) is 10.7 Å². The number of benzene rings is 3. The number of ether oxygens (including phenoxy) is 3. The van der Waals surface area contributed by atoms with E-state index in [0.717, 1.165) is 5.56 Å². The highest BCUT2D eigenvalue weighted by molar-refractivity contribution is 6.35. The second-order valence-electron chi connectivity index (χ2n) is 8.56. The predicted octanol–water partition coefficient (Wildman–Crippen LogP) is 5.60. The van der Waals surface area contributed by atoms with E-state index >= 15 is 0 Å². The molecule has 3 rings (SSSR count). The van der Waals surface area contributed by atoms with E-state index < -0.39 is 24.0 Å². The minimum Gasteiger partial charge on any atom is -0.490 e. The summed E-state index contributed by atoms with van der Waals surface area (Å²) in [6.45, 7) is 7.88. The smallest absolute Gasteiger partial charge is 0.262 e. The molecule has 0 bridgehead atoms. The van der Waals surface area contributed by atoms with Gasteiger partial charge in [0.05, 0.1) is 17.8 Å². The molecule has 0 heterocycles. The summed E-state index contributed by atoms with van der Waals surface area (Å²) in [6.07, 6.45) is 2.43. The minimum absolute atomic E-state index is 0.242. The topological polar surface area (TPSA) is 98.2 Å². The van der Waals surface area contributed by atoms with Crippen molar-refractivity contribution in [3.8, 4) is 17.2 Å². The number of nitrogens with zero attached hydrogens (tertiary/aromatic N) is 1. The van der Waals surface area contributed by atoms with Gasteiger partial charge < -0.3 is 19.5 Å². The van der Waals surface area contributed by atoms with Gasteiger partial charge >= 0.3 is 0 Å². The third-order valence-electron chi connectivity index (χ3n) is 5.50. The highest BCUT2D eigenvalue weighted by atomic mass is 35.5. The maximum atomic E-state index is 13.1. The number of hydrogen-bond donors (Lipinski definition) is 2. The molecule has 0 radical (unpaired) electrons. The Kier molecular flexibility index (Phi) is 11.9. The summed E-state index contributed by atoms with van der Waals surface area (Å²) in [4.78, 5) is 26.1. The van der Waals surface area contributed by atoms with Crippen LogP contribution < -0.4 is 25.0 Å². The molecule has 2 amide bonds. The third-order valence-corrected chi connectivity index (χ3v) is 6.03. The van der Waals surface area contributed by atoms with E-state index in [1.807, 2.05) is 37.3 Å². The first kappa shape index (κ1) is 30.5. The molecule has 0 aliphatic carbocycles. The normalized spacial score (nSPS) is 12.3. The van der Waals surface area contributed by atoms with Crippen LogP contribution >= 0.6 is 23.2 Å². The van der Waals surface area contributed by atoms with Crippen LogP contribution in [-0.2, 0) is 16.0 Å². The molecule has 8 nitrogen and oxygen atoms in total. The molecular weight excluding hydrogens is 553 g/mol. The maximum absolute atomic E-state index is 13.1. The van der Waals surface area contributed by atoms with Gasteiger partial charge in [-0.15, -0.1) is 0 Å². The lowest BCUT2D eigenvalue weighted by Gasteiger charge is -2.21. The quantitative estimate of drug-likeness (QED) is 0.146. The first-order valence-corrected chi connectivity index (χ1v) is 13.4. The zero-order valence-corrected chi connectivity index (χ0v) is 23.7. The van der Waals surface area contributed by atoms with E-state index in [0.29, 0.717) is 41.0 Å². The van der Waals surface area contributed by atoms with Crippen LogP contribution in [0.1, 0.15) is 25.0 Å². The fourth-order valence-electron chi connectivity index (χ4n) is 3.55. The number of halogens is 2. The Bertz CT molecular complexity index is 1330. The number of rotatable bonds is 14. The van der Waals surface area contributed by atoms with E-state index in [9.17, 15) is 9.59 Å². The molecule has 0 aliphatic rings. The number of amides is 2. The van der Waals surface area contributed by atoms with Crippen molar-refractivity contribution in [2.75, 3.05) is 13.2 Å². The van der Waals surface area contributed by atoms with Crippen LogP contribution in [0.15, 0.2) is 84.5 Å². The van der Waals surface area contributed by atoms with Gasteiger partial charge in [0.25, 0.3) is 11.8 Å². The Hall–Kier alpha value is -4.01. The average molecular weight is 585 g/mol. The summed E-state index contributed by atoms with van der Waals surface area (Å²) in [5.41, 5.74) is 4.05. The molecular formula is C30H31Cl2N3O5. The highest BCUT2D eigenvalue weighted by Gasteiger charge is 2.25. The van der Waals surface area contributed by atoms with Crippen LogP contribution in [-0.4, -0.2) is 43.4 Å². The second-order valence-corrected chi connectivity index (χ2v) is 9.40. The number of carbonyl (C=O) groups excluding carboxylic acids is 2. The summed E-state index contributed by atoms with van der Waals surface area (Å²) in [5, 5.41) is 7.56. The van der Waals surface area contributed by atoms with E-state index in [-0.39, 0.29) is 11.4 Å². The molecule has 2 atom stereocenters. The van der Waals surface area contributed by atoms with E-state index in [4.69, 9.17) is 37.4 Å². The van der Waals surface area contributed by atoms with Crippen molar-refractivity contribution in [2.45, 2.75) is 32.4 Å². The Morgan fingerprint density at radius 2 is 1.73 bits per heavy atom. The highest BCUT2D eigenvalue weighted by Crippen LogP contribution is 2.29. The molecule has 0 spiro atoms. The second kappa shape index (κ2) is 15.5. The summed E-state index contributed by atoms with van der Waals surface area (Å²) < 4.78 is 17.0. The van der Waals surface area contributed by atoms with Gasteiger partial charge in [0.2, 0.25) is 0 Å². The van der Waals surface area contributed by atoms with Crippen molar-refractivity contribution in [1.29, 1.82) is 0 Å². The van der Waals surface area contributed by atoms with Crippen LogP contribution in [0.25, 0.3) is 0 Å². The standard InChI is InChI=1S/C30H31Cl2N3O5/c1-4-15-39-27-13-11-22(17-28(27)38-5-2)19-33-35-30(37)25(16-21-9-7-6-8-10-21)34-29(36)20(3)40-26-14-12-23(31)18-24(26)32/h4,6-14,17-20,25H,1,5,15-16H2,2-3H3,(H,34,36)(H,35,37)/b33-19-/t20-,25-/m1/s1. The number of nitrogens with one attached hydrogen (secondary N) is 2. The van der Waals surface area contributed by atoms with Crippen LogP contribution in [0.3, 0.4) is 0 Å². The van der Waals surface area contributed by atoms with Gasteiger partial charge in [-0.3, -0.25) is 9.59 Å². The number of hydrogen-bond acceptors (Lipinski definition) is 6. The van der Waals surface area contributed by atoms with Gasteiger partial charge in [-0.05, 0) is 61.4 Å². The zero-order valence-electron chi connectivity index (χ0n) is 22.2. The van der Waals surface area contributed by atoms with Gasteiger partial charge in [-0.25, -0.2) is 5.43 Å². The molecule has 0 aromatic heterocycles. The Morgan fingerprint density at radius 3 is 2.42 bits per heavy atom. The largest absolute Gasteiger partial charge is 0.490 e. The maximum Gasteiger partial charge on any atom is 0.262 e. The van der Waals surface area contributed by atoms with Gasteiger partial charge in [-0.1, -0.05) is 66.2 Å². The van der Waals surface area contributed by atoms with Gasteiger partial charge in [0, 0.05) is 11.4 Å². The average Bonchev–Trinajstić information content (AvgIpc) is 2.94. The van der Waals surface area contributed by atoms with Crippen molar-refractivity contribution >= 4 is 41.2 Å². The number of hydrazone groups is 1. The summed E-state index contributed by atoms with van der Waals surface area (Å²) in [6, 6.07) is 18.4. The molecule has 0 fully saturated rings. The first-order valence-electron chi connectivity index (χ1n) is 12.6. The molecule has 3 aromatic rings. The fraction of sp³-hybridized carbons (Fsp3) is 0.233. The van der Waals surface area contributed by atoms with Crippen molar-refractivity contribution < 1.29 is 23.8 Å². The van der Waals surface area contributed by atoms with Gasteiger partial charge in [0.15, 0.2) is 17.6 Å². The van der Waals surface area contributed by atoms with Crippen molar-refractivity contribution in [3.63, 3.8) is 0 Å². The van der Waals surface area contributed by atoms with Crippen molar-refractivity contribution in [3.05, 3.63) is 101 Å². The number of carbonyl (C=O) groups is 2. The molecule has 210 valence electrons. The Balaban J connectivity index is 1.70.